The van der Waals surface area contributed by atoms with Crippen LogP contribution in [0.3, 0.4) is 0 Å². The van der Waals surface area contributed by atoms with Crippen LogP contribution in [0.15, 0.2) is 11.0 Å². The molecule has 2 rings (SSSR count). The van der Waals surface area contributed by atoms with Gasteiger partial charge in [-0.05, 0) is 25.8 Å². The molecule has 0 unspecified atom stereocenters. The number of nitrogens with one attached hydrogen (secondary N) is 1. The second-order valence-electron chi connectivity index (χ2n) is 4.77. The molecule has 6 nitrogen and oxygen atoms in total. The highest BCUT2D eigenvalue weighted by Crippen LogP contribution is 2.34. The molecule has 0 aliphatic carbocycles. The second kappa shape index (κ2) is 7.46. The van der Waals surface area contributed by atoms with E-state index in [1.165, 1.54) is 13.0 Å². The molecule has 1 aliphatic heterocycles. The van der Waals surface area contributed by atoms with E-state index in [4.69, 9.17) is 32.7 Å². The van der Waals surface area contributed by atoms with Crippen LogP contribution in [0.25, 0.3) is 0 Å². The van der Waals surface area contributed by atoms with E-state index in [1.807, 2.05) is 4.72 Å². The van der Waals surface area contributed by atoms with Crippen LogP contribution in [0.4, 0.5) is 0 Å². The lowest BCUT2D eigenvalue weighted by Crippen LogP contribution is -2.39. The number of hydrogen-bond acceptors (Lipinski definition) is 6. The van der Waals surface area contributed by atoms with Gasteiger partial charge in [0.05, 0.1) is 17.0 Å². The monoisotopic (exact) mass is 387 g/mol. The summed E-state index contributed by atoms with van der Waals surface area (Å²) in [5, 5.41) is 0. The van der Waals surface area contributed by atoms with Gasteiger partial charge in [0.1, 0.15) is 15.3 Å². The van der Waals surface area contributed by atoms with Crippen LogP contribution in [0.2, 0.25) is 8.67 Å². The smallest absolute Gasteiger partial charge is 0.266 e. The average Bonchev–Trinajstić information content (AvgIpc) is 3.05. The third kappa shape index (κ3) is 4.56. The van der Waals surface area contributed by atoms with E-state index in [2.05, 4.69) is 0 Å². The number of thiophene rings is 1. The molecule has 0 radical (unpaired) electrons. The molecule has 0 saturated carbocycles. The van der Waals surface area contributed by atoms with Crippen molar-refractivity contribution < 1.29 is 22.7 Å². The van der Waals surface area contributed by atoms with Crippen molar-refractivity contribution in [1.82, 2.24) is 4.72 Å². The second-order valence-corrected chi connectivity index (χ2v) is 8.71. The summed E-state index contributed by atoms with van der Waals surface area (Å²) in [6.45, 7) is 2.40. The molecule has 0 aromatic carbocycles. The maximum Gasteiger partial charge on any atom is 0.266 e. The molecule has 124 valence electrons. The number of hydrogen-bond donors (Lipinski definition) is 1. The van der Waals surface area contributed by atoms with Crippen molar-refractivity contribution in [2.75, 3.05) is 13.2 Å². The SMILES string of the molecule is C[C@H](OC[C@@H]1CCCO1)C(=O)NS(=O)(=O)c1cc(Cl)sc1Cl. The number of ether oxygens (including phenoxy) is 2. The molecule has 2 heterocycles. The lowest BCUT2D eigenvalue weighted by molar-refractivity contribution is -0.131. The van der Waals surface area contributed by atoms with E-state index in [1.54, 1.807) is 0 Å². The summed E-state index contributed by atoms with van der Waals surface area (Å²) in [6, 6.07) is 1.20. The molecule has 2 atom stereocenters. The zero-order valence-corrected chi connectivity index (χ0v) is 14.8. The number of amides is 1. The zero-order valence-electron chi connectivity index (χ0n) is 11.7. The van der Waals surface area contributed by atoms with Crippen LogP contribution < -0.4 is 4.72 Å². The summed E-state index contributed by atoms with van der Waals surface area (Å²) < 4.78 is 37.1. The summed E-state index contributed by atoms with van der Waals surface area (Å²) in [4.78, 5) is 11.7. The number of rotatable bonds is 6. The number of sulfonamides is 1. The number of halogens is 2. The molecule has 1 aliphatic rings. The van der Waals surface area contributed by atoms with Crippen molar-refractivity contribution in [3.05, 3.63) is 14.7 Å². The number of carbonyl (C=O) groups is 1. The van der Waals surface area contributed by atoms with Gasteiger partial charge >= 0.3 is 0 Å². The van der Waals surface area contributed by atoms with Gasteiger partial charge in [-0.1, -0.05) is 23.2 Å². The molecular weight excluding hydrogens is 373 g/mol. The first-order valence-electron chi connectivity index (χ1n) is 6.54. The Balaban J connectivity index is 1.93. The summed E-state index contributed by atoms with van der Waals surface area (Å²) >= 11 is 12.4. The fourth-order valence-corrected chi connectivity index (χ4v) is 5.08. The Morgan fingerprint density at radius 1 is 1.59 bits per heavy atom. The third-order valence-electron chi connectivity index (χ3n) is 3.08. The summed E-state index contributed by atoms with van der Waals surface area (Å²) in [5.74, 6) is -0.767. The predicted molar refractivity (Wildman–Crippen MR) is 84.1 cm³/mol. The Morgan fingerprint density at radius 3 is 2.86 bits per heavy atom. The van der Waals surface area contributed by atoms with E-state index < -0.39 is 22.0 Å². The Bertz CT molecular complexity index is 640. The third-order valence-corrected chi connectivity index (χ3v) is 6.17. The van der Waals surface area contributed by atoms with Crippen molar-refractivity contribution in [2.45, 2.75) is 36.9 Å². The average molecular weight is 388 g/mol. The first-order valence-corrected chi connectivity index (χ1v) is 9.60. The molecule has 0 bridgehead atoms. The van der Waals surface area contributed by atoms with Gasteiger partial charge in [-0.15, -0.1) is 11.3 Å². The fourth-order valence-electron chi connectivity index (χ4n) is 1.88. The summed E-state index contributed by atoms with van der Waals surface area (Å²) in [5.41, 5.74) is 0. The Hall–Kier alpha value is -0.380. The molecule has 1 fully saturated rings. The minimum Gasteiger partial charge on any atom is -0.376 e. The van der Waals surface area contributed by atoms with Crippen molar-refractivity contribution in [1.29, 1.82) is 0 Å². The van der Waals surface area contributed by atoms with Gasteiger partial charge < -0.3 is 9.47 Å². The summed E-state index contributed by atoms with van der Waals surface area (Å²) in [7, 11) is -4.07. The molecule has 1 amide bonds. The molecule has 1 aromatic rings. The maximum atomic E-state index is 12.1. The highest BCUT2D eigenvalue weighted by molar-refractivity contribution is 7.90. The van der Waals surface area contributed by atoms with E-state index in [9.17, 15) is 13.2 Å². The van der Waals surface area contributed by atoms with Crippen LogP contribution in [0.5, 0.6) is 0 Å². The fraction of sp³-hybridized carbons (Fsp3) is 0.583. The van der Waals surface area contributed by atoms with Crippen LogP contribution in [-0.4, -0.2) is 39.7 Å². The molecule has 1 aromatic heterocycles. The Labute approximate surface area is 142 Å². The van der Waals surface area contributed by atoms with E-state index >= 15 is 0 Å². The first-order chi connectivity index (χ1) is 10.3. The molecule has 1 saturated heterocycles. The van der Waals surface area contributed by atoms with Gasteiger partial charge in [0.25, 0.3) is 15.9 Å². The first kappa shape index (κ1) is 18.0. The van der Waals surface area contributed by atoms with Crippen LogP contribution in [-0.2, 0) is 24.3 Å². The van der Waals surface area contributed by atoms with Gasteiger partial charge in [0, 0.05) is 6.61 Å². The minimum absolute atomic E-state index is 0.00164. The van der Waals surface area contributed by atoms with Crippen molar-refractivity contribution in [3.8, 4) is 0 Å². The van der Waals surface area contributed by atoms with Crippen molar-refractivity contribution >= 4 is 50.5 Å². The summed E-state index contributed by atoms with van der Waals surface area (Å²) in [6.07, 6.45) is 0.861. The molecule has 22 heavy (non-hydrogen) atoms. The molecular formula is C12H15Cl2NO5S2. The van der Waals surface area contributed by atoms with Crippen molar-refractivity contribution in [3.63, 3.8) is 0 Å². The standard InChI is InChI=1S/C12H15Cl2NO5S2/c1-7(20-6-8-3-2-4-19-8)12(16)15-22(17,18)9-5-10(13)21-11(9)14/h5,7-8H,2-4,6H2,1H3,(H,15,16)/t7-,8-/m0/s1. The Kier molecular flexibility index (Phi) is 6.09. The molecule has 0 spiro atoms. The molecule has 1 N–H and O–H groups in total. The van der Waals surface area contributed by atoms with Gasteiger partial charge in [-0.2, -0.15) is 0 Å². The predicted octanol–water partition coefficient (Wildman–Crippen LogP) is 2.44. The Morgan fingerprint density at radius 2 is 2.32 bits per heavy atom. The quantitative estimate of drug-likeness (QED) is 0.810. The molecule has 10 heteroatoms. The maximum absolute atomic E-state index is 12.1. The highest BCUT2D eigenvalue weighted by atomic mass is 35.5. The van der Waals surface area contributed by atoms with Gasteiger partial charge in [-0.3, -0.25) is 4.79 Å². The van der Waals surface area contributed by atoms with Crippen molar-refractivity contribution in [2.24, 2.45) is 0 Å². The normalized spacial score (nSPS) is 20.0. The minimum atomic E-state index is -4.07. The van der Waals surface area contributed by atoms with Crippen LogP contribution >= 0.6 is 34.5 Å². The topological polar surface area (TPSA) is 81.7 Å². The van der Waals surface area contributed by atoms with Crippen LogP contribution in [0, 0.1) is 0 Å². The van der Waals surface area contributed by atoms with E-state index in [0.717, 1.165) is 24.2 Å². The van der Waals surface area contributed by atoms with Gasteiger partial charge in [0.15, 0.2) is 0 Å². The number of carbonyl (C=O) groups excluding carboxylic acids is 1. The van der Waals surface area contributed by atoms with Gasteiger partial charge in [0.2, 0.25) is 0 Å². The van der Waals surface area contributed by atoms with Crippen LogP contribution in [0.1, 0.15) is 19.8 Å². The van der Waals surface area contributed by atoms with E-state index in [0.29, 0.717) is 6.61 Å². The zero-order chi connectivity index (χ0) is 16.3. The highest BCUT2D eigenvalue weighted by Gasteiger charge is 2.27. The van der Waals surface area contributed by atoms with E-state index in [-0.39, 0.29) is 26.3 Å². The van der Waals surface area contributed by atoms with Gasteiger partial charge in [-0.25, -0.2) is 13.1 Å². The lowest BCUT2D eigenvalue weighted by Gasteiger charge is -2.16. The lowest BCUT2D eigenvalue weighted by atomic mass is 10.2. The largest absolute Gasteiger partial charge is 0.376 e.